The van der Waals surface area contributed by atoms with Crippen LogP contribution in [0.25, 0.3) is 0 Å². The van der Waals surface area contributed by atoms with Crippen molar-refractivity contribution < 1.29 is 14.7 Å². The minimum absolute atomic E-state index is 0.419. The number of carbonyl (C=O) groups excluding carboxylic acids is 1. The van der Waals surface area contributed by atoms with Crippen molar-refractivity contribution in [3.05, 3.63) is 30.3 Å². The number of amides is 2. The van der Waals surface area contributed by atoms with Crippen molar-refractivity contribution in [1.29, 1.82) is 0 Å². The molecule has 0 aliphatic heterocycles. The van der Waals surface area contributed by atoms with Gasteiger partial charge in [-0.05, 0) is 30.6 Å². The van der Waals surface area contributed by atoms with Crippen LogP contribution >= 0.6 is 23.5 Å². The Bertz CT molecular complexity index is 443. The fraction of sp³-hybridized carbons (Fsp3) is 0.429. The highest BCUT2D eigenvalue weighted by Gasteiger charge is 2.18. The van der Waals surface area contributed by atoms with Crippen LogP contribution in [0, 0.1) is 0 Å². The average Bonchev–Trinajstić information content (AvgIpc) is 2.48. The van der Waals surface area contributed by atoms with Crippen LogP contribution in [0.15, 0.2) is 35.2 Å². The number of hydrogen-bond donors (Lipinski definition) is 3. The van der Waals surface area contributed by atoms with Gasteiger partial charge >= 0.3 is 12.0 Å². The van der Waals surface area contributed by atoms with E-state index < -0.39 is 18.0 Å². The summed E-state index contributed by atoms with van der Waals surface area (Å²) in [5, 5.41) is 14.2. The van der Waals surface area contributed by atoms with E-state index in [-0.39, 0.29) is 0 Å². The van der Waals surface area contributed by atoms with Gasteiger partial charge < -0.3 is 15.7 Å². The average molecular weight is 328 g/mol. The van der Waals surface area contributed by atoms with Crippen LogP contribution in [0.5, 0.6) is 0 Å². The second-order valence-electron chi connectivity index (χ2n) is 4.23. The van der Waals surface area contributed by atoms with E-state index in [4.69, 9.17) is 5.11 Å². The summed E-state index contributed by atoms with van der Waals surface area (Å²) in [5.41, 5.74) is 0. The van der Waals surface area contributed by atoms with E-state index in [1.165, 1.54) is 0 Å². The van der Waals surface area contributed by atoms with E-state index in [0.29, 0.717) is 18.7 Å². The molecule has 1 unspecified atom stereocenters. The fourth-order valence-electron chi connectivity index (χ4n) is 1.55. The van der Waals surface area contributed by atoms with Crippen LogP contribution in [0.2, 0.25) is 0 Å². The first-order valence-electron chi connectivity index (χ1n) is 6.57. The molecule has 2 amide bonds. The van der Waals surface area contributed by atoms with Crippen LogP contribution < -0.4 is 10.6 Å². The zero-order chi connectivity index (χ0) is 15.5. The number of aliphatic carboxylic acids is 1. The summed E-state index contributed by atoms with van der Waals surface area (Å²) in [7, 11) is 0. The molecule has 1 rings (SSSR count). The molecule has 1 aromatic rings. The number of nitrogens with one attached hydrogen (secondary N) is 2. The number of rotatable bonds is 9. The number of benzene rings is 1. The highest BCUT2D eigenvalue weighted by Crippen LogP contribution is 2.15. The normalized spacial score (nSPS) is 11.7. The monoisotopic (exact) mass is 328 g/mol. The van der Waals surface area contributed by atoms with Crippen LogP contribution in [0.1, 0.15) is 6.42 Å². The molecule has 0 aliphatic carbocycles. The Morgan fingerprint density at radius 3 is 2.57 bits per heavy atom. The van der Waals surface area contributed by atoms with Gasteiger partial charge in [-0.15, -0.1) is 11.8 Å². The zero-order valence-corrected chi connectivity index (χ0v) is 13.5. The van der Waals surface area contributed by atoms with Crippen molar-refractivity contribution in [1.82, 2.24) is 10.6 Å². The predicted molar refractivity (Wildman–Crippen MR) is 88.1 cm³/mol. The van der Waals surface area contributed by atoms with Crippen LogP contribution in [0.4, 0.5) is 4.79 Å². The first-order chi connectivity index (χ1) is 10.1. The molecule has 0 aliphatic rings. The van der Waals surface area contributed by atoms with E-state index >= 15 is 0 Å². The molecular weight excluding hydrogens is 308 g/mol. The molecule has 0 saturated carbocycles. The van der Waals surface area contributed by atoms with E-state index in [1.807, 2.05) is 36.6 Å². The lowest BCUT2D eigenvalue weighted by molar-refractivity contribution is -0.139. The molecule has 0 bridgehead atoms. The fourth-order valence-corrected chi connectivity index (χ4v) is 2.81. The van der Waals surface area contributed by atoms with Crippen molar-refractivity contribution in [3.63, 3.8) is 0 Å². The van der Waals surface area contributed by atoms with Crippen molar-refractivity contribution in [2.24, 2.45) is 0 Å². The first-order valence-corrected chi connectivity index (χ1v) is 8.95. The summed E-state index contributed by atoms with van der Waals surface area (Å²) in [5.74, 6) is 0.430. The van der Waals surface area contributed by atoms with E-state index in [2.05, 4.69) is 10.6 Å². The minimum Gasteiger partial charge on any atom is -0.480 e. The number of carboxylic acids is 1. The molecule has 3 N–H and O–H groups in total. The van der Waals surface area contributed by atoms with Crippen molar-refractivity contribution >= 4 is 35.5 Å². The Kier molecular flexibility index (Phi) is 8.77. The largest absolute Gasteiger partial charge is 0.480 e. The van der Waals surface area contributed by atoms with Gasteiger partial charge in [0.1, 0.15) is 6.04 Å². The molecule has 21 heavy (non-hydrogen) atoms. The van der Waals surface area contributed by atoms with Gasteiger partial charge in [0.25, 0.3) is 0 Å². The second kappa shape index (κ2) is 10.4. The van der Waals surface area contributed by atoms with Gasteiger partial charge in [0.15, 0.2) is 0 Å². The van der Waals surface area contributed by atoms with Gasteiger partial charge in [0.05, 0.1) is 0 Å². The van der Waals surface area contributed by atoms with Gasteiger partial charge in [-0.2, -0.15) is 11.8 Å². The maximum absolute atomic E-state index is 11.6. The number of thioether (sulfide) groups is 2. The van der Waals surface area contributed by atoms with Crippen molar-refractivity contribution in [3.8, 4) is 0 Å². The molecule has 0 fully saturated rings. The molecule has 0 aromatic heterocycles. The standard InChI is InChI=1S/C14H20N2O3S2/c1-20-9-7-12(13(17)18)16-14(19)15-8-10-21-11-5-3-2-4-6-11/h2-6,12H,7-10H2,1H3,(H,17,18)(H2,15,16,19). The van der Waals surface area contributed by atoms with E-state index in [9.17, 15) is 9.59 Å². The molecule has 1 atom stereocenters. The third-order valence-electron chi connectivity index (χ3n) is 2.61. The van der Waals surface area contributed by atoms with Crippen molar-refractivity contribution in [2.75, 3.05) is 24.3 Å². The third kappa shape index (κ3) is 7.87. The van der Waals surface area contributed by atoms with Crippen LogP contribution in [-0.4, -0.2) is 47.5 Å². The molecule has 0 heterocycles. The summed E-state index contributed by atoms with van der Waals surface area (Å²) in [6, 6.07) is 8.63. The van der Waals surface area contributed by atoms with E-state index in [0.717, 1.165) is 10.6 Å². The first kappa shape index (κ1) is 17.7. The number of urea groups is 1. The molecule has 1 aromatic carbocycles. The second-order valence-corrected chi connectivity index (χ2v) is 6.39. The highest BCUT2D eigenvalue weighted by atomic mass is 32.2. The van der Waals surface area contributed by atoms with Gasteiger partial charge in [0, 0.05) is 17.2 Å². The molecule has 0 saturated heterocycles. The summed E-state index contributed by atoms with van der Waals surface area (Å²) >= 11 is 3.19. The number of carbonyl (C=O) groups is 2. The van der Waals surface area contributed by atoms with E-state index in [1.54, 1.807) is 23.5 Å². The number of hydrogen-bond acceptors (Lipinski definition) is 4. The molecule has 116 valence electrons. The quantitative estimate of drug-likeness (QED) is 0.479. The Labute approximate surface area is 133 Å². The summed E-state index contributed by atoms with van der Waals surface area (Å²) in [6.45, 7) is 0.486. The lowest BCUT2D eigenvalue weighted by Crippen LogP contribution is -2.46. The van der Waals surface area contributed by atoms with Crippen molar-refractivity contribution in [2.45, 2.75) is 17.4 Å². The zero-order valence-electron chi connectivity index (χ0n) is 11.9. The minimum atomic E-state index is -1.00. The van der Waals surface area contributed by atoms with Crippen LogP contribution in [0.3, 0.4) is 0 Å². The Balaban J connectivity index is 2.21. The molecule has 7 heteroatoms. The maximum Gasteiger partial charge on any atom is 0.326 e. The van der Waals surface area contributed by atoms with Crippen LogP contribution in [-0.2, 0) is 4.79 Å². The molecule has 5 nitrogen and oxygen atoms in total. The Hall–Kier alpha value is -1.34. The summed E-state index contributed by atoms with van der Waals surface area (Å²) in [4.78, 5) is 23.8. The maximum atomic E-state index is 11.6. The lowest BCUT2D eigenvalue weighted by Gasteiger charge is -2.14. The smallest absolute Gasteiger partial charge is 0.326 e. The topological polar surface area (TPSA) is 78.4 Å². The van der Waals surface area contributed by atoms with Gasteiger partial charge in [0.2, 0.25) is 0 Å². The molecular formula is C14H20N2O3S2. The van der Waals surface area contributed by atoms with Gasteiger partial charge in [-0.1, -0.05) is 18.2 Å². The predicted octanol–water partition coefficient (Wildman–Crippen LogP) is 2.28. The summed E-state index contributed by atoms with van der Waals surface area (Å²) < 4.78 is 0. The molecule has 0 radical (unpaired) electrons. The molecule has 0 spiro atoms. The van der Waals surface area contributed by atoms with Gasteiger partial charge in [-0.25, -0.2) is 9.59 Å². The lowest BCUT2D eigenvalue weighted by atomic mass is 10.2. The van der Waals surface area contributed by atoms with Gasteiger partial charge in [-0.3, -0.25) is 0 Å². The number of carboxylic acid groups (broad SMARTS) is 1. The highest BCUT2D eigenvalue weighted by molar-refractivity contribution is 7.99. The SMILES string of the molecule is CSCCC(NC(=O)NCCSc1ccccc1)C(=O)O. The third-order valence-corrected chi connectivity index (χ3v) is 4.27. The Morgan fingerprint density at radius 2 is 1.95 bits per heavy atom. The summed E-state index contributed by atoms with van der Waals surface area (Å²) in [6.07, 6.45) is 2.32. The Morgan fingerprint density at radius 1 is 1.24 bits per heavy atom.